The minimum Gasteiger partial charge on any atom is -0.324 e. The average Bonchev–Trinajstić information content (AvgIpc) is 1.78. The number of ketones is 1. The van der Waals surface area contributed by atoms with E-state index < -0.39 is 40.1 Å². The molecule has 0 unspecified atom stereocenters. The minimum atomic E-state index is -4.24. The first-order valence-electron chi connectivity index (χ1n) is 3.23. The molecule has 0 aliphatic carbocycles. The summed E-state index contributed by atoms with van der Waals surface area (Å²) in [5.74, 6) is -0.788. The summed E-state index contributed by atoms with van der Waals surface area (Å²) in [5.41, 5.74) is 0. The van der Waals surface area contributed by atoms with E-state index in [-0.39, 0.29) is 0 Å². The van der Waals surface area contributed by atoms with Crippen molar-refractivity contribution in [3.63, 3.8) is 0 Å². The molecule has 0 heterocycles. The zero-order chi connectivity index (χ0) is 10.7. The summed E-state index contributed by atoms with van der Waals surface area (Å²) in [6.45, 7) is 0. The second-order valence-electron chi connectivity index (χ2n) is 2.53. The number of hydrogen-bond donors (Lipinski definition) is 5. The fourth-order valence-electron chi connectivity index (χ4n) is 0.586. The normalized spacial score (nSPS) is 13.0. The Kier molecular flexibility index (Phi) is 4.62. The van der Waals surface area contributed by atoms with Gasteiger partial charge in [-0.15, -0.1) is 0 Å². The standard InChI is InChI=1S/C4H10O7P2/c5-4(3-13(9,10)11)1-2-12(6,7)8/h9-11H,1-3H2,(H-,6,7,8)/p+1. The van der Waals surface area contributed by atoms with Crippen molar-refractivity contribution in [3.8, 4) is 0 Å². The molecule has 9 heteroatoms. The van der Waals surface area contributed by atoms with E-state index in [4.69, 9.17) is 24.5 Å². The van der Waals surface area contributed by atoms with Crippen LogP contribution in [0.25, 0.3) is 0 Å². The van der Waals surface area contributed by atoms with Crippen molar-refractivity contribution in [2.45, 2.75) is 6.42 Å². The lowest BCUT2D eigenvalue weighted by atomic mass is 10.3. The lowest BCUT2D eigenvalue weighted by Gasteiger charge is -2.04. The van der Waals surface area contributed by atoms with Crippen molar-refractivity contribution >= 4 is 21.3 Å². The highest BCUT2D eigenvalue weighted by molar-refractivity contribution is 7.59. The molecule has 0 spiro atoms. The van der Waals surface area contributed by atoms with Gasteiger partial charge in [0.1, 0.15) is 0 Å². The van der Waals surface area contributed by atoms with Gasteiger partial charge in [-0.25, -0.2) is 0 Å². The van der Waals surface area contributed by atoms with Gasteiger partial charge in [-0.2, -0.15) is 14.7 Å². The predicted molar refractivity (Wildman–Crippen MR) is 45.0 cm³/mol. The van der Waals surface area contributed by atoms with Crippen LogP contribution in [0, 0.1) is 0 Å². The third-order valence-electron chi connectivity index (χ3n) is 1.07. The van der Waals surface area contributed by atoms with Crippen LogP contribution in [0.2, 0.25) is 0 Å². The second kappa shape index (κ2) is 4.57. The van der Waals surface area contributed by atoms with E-state index >= 15 is 0 Å². The third kappa shape index (κ3) is 10.0. The molecule has 0 amide bonds. The topological polar surface area (TPSA) is 135 Å². The molecule has 7 nitrogen and oxygen atoms in total. The van der Waals surface area contributed by atoms with E-state index in [1.54, 1.807) is 0 Å². The fourth-order valence-corrected chi connectivity index (χ4v) is 1.76. The van der Waals surface area contributed by atoms with Crippen LogP contribution in [0.15, 0.2) is 0 Å². The zero-order valence-electron chi connectivity index (χ0n) is 6.57. The van der Waals surface area contributed by atoms with Gasteiger partial charge >= 0.3 is 15.5 Å². The van der Waals surface area contributed by atoms with E-state index in [9.17, 15) is 9.36 Å². The van der Waals surface area contributed by atoms with E-state index in [2.05, 4.69) is 0 Å². The van der Waals surface area contributed by atoms with Gasteiger partial charge in [-0.05, 0) is 0 Å². The summed E-state index contributed by atoms with van der Waals surface area (Å²) >= 11 is 0. The summed E-state index contributed by atoms with van der Waals surface area (Å²) in [4.78, 5) is 52.7. The second-order valence-corrected chi connectivity index (χ2v) is 6.01. The summed E-state index contributed by atoms with van der Waals surface area (Å²) in [7, 11) is -8.39. The number of hydrogen-bond acceptors (Lipinski definition) is 5. The highest BCUT2D eigenvalue weighted by Gasteiger charge is 2.33. The van der Waals surface area contributed by atoms with Crippen LogP contribution in [0.1, 0.15) is 6.42 Å². The van der Waals surface area contributed by atoms with E-state index in [0.29, 0.717) is 0 Å². The first-order valence-corrected chi connectivity index (χ1v) is 6.86. The van der Waals surface area contributed by atoms with Gasteiger partial charge in [0.15, 0.2) is 11.9 Å². The van der Waals surface area contributed by atoms with Crippen LogP contribution in [-0.4, -0.2) is 42.6 Å². The quantitative estimate of drug-likeness (QED) is 0.379. The Balaban J connectivity index is 3.85. The molecule has 0 aliphatic rings. The van der Waals surface area contributed by atoms with Gasteiger partial charge in [0.05, 0.1) is 6.16 Å². The van der Waals surface area contributed by atoms with Crippen molar-refractivity contribution in [2.75, 3.05) is 12.3 Å². The molecule has 0 saturated heterocycles. The SMILES string of the molecule is O=C(CCP(=O)(O)O)C[P+](O)(O)O. The van der Waals surface area contributed by atoms with Crippen LogP contribution in [0.5, 0.6) is 0 Å². The molecule has 0 aliphatic heterocycles. The van der Waals surface area contributed by atoms with Crippen molar-refractivity contribution < 1.29 is 33.8 Å². The molecular formula is C4H11O7P2+. The number of carbonyl (C=O) groups is 1. The molecule has 0 fully saturated rings. The van der Waals surface area contributed by atoms with Gasteiger partial charge in [-0.1, -0.05) is 0 Å². The average molecular weight is 233 g/mol. The maximum absolute atomic E-state index is 10.7. The first kappa shape index (κ1) is 13.1. The van der Waals surface area contributed by atoms with Crippen molar-refractivity contribution in [3.05, 3.63) is 0 Å². The van der Waals surface area contributed by atoms with Gasteiger partial charge in [0.2, 0.25) is 0 Å². The Morgan fingerprint density at radius 2 is 1.69 bits per heavy atom. The Morgan fingerprint density at radius 3 is 2.00 bits per heavy atom. The smallest absolute Gasteiger partial charge is 0.324 e. The van der Waals surface area contributed by atoms with Gasteiger partial charge in [-0.3, -0.25) is 9.36 Å². The highest BCUT2D eigenvalue weighted by Crippen LogP contribution is 2.44. The maximum Gasteiger partial charge on any atom is 0.411 e. The molecule has 0 radical (unpaired) electrons. The molecule has 78 valence electrons. The Morgan fingerprint density at radius 1 is 1.23 bits per heavy atom. The monoisotopic (exact) mass is 233 g/mol. The Hall–Kier alpha value is 0.130. The summed E-state index contributed by atoms with van der Waals surface area (Å²) in [6.07, 6.45) is -1.98. The number of carbonyl (C=O) groups excluding carboxylic acids is 1. The van der Waals surface area contributed by atoms with Crippen molar-refractivity contribution in [1.82, 2.24) is 0 Å². The molecule has 5 N–H and O–H groups in total. The van der Waals surface area contributed by atoms with Gasteiger partial charge in [0, 0.05) is 6.42 Å². The molecule has 0 bridgehead atoms. The molecule has 0 saturated carbocycles. The molecule has 0 rings (SSSR count). The molecular weight excluding hydrogens is 222 g/mol. The van der Waals surface area contributed by atoms with Crippen LogP contribution in [0.4, 0.5) is 0 Å². The predicted octanol–water partition coefficient (Wildman–Crippen LogP) is -1.14. The summed E-state index contributed by atoms with van der Waals surface area (Å²) < 4.78 is 10.3. The Bertz CT molecular complexity index is 225. The maximum atomic E-state index is 10.7. The third-order valence-corrected chi connectivity index (χ3v) is 2.65. The van der Waals surface area contributed by atoms with Gasteiger partial charge in [0.25, 0.3) is 0 Å². The lowest BCUT2D eigenvalue weighted by Crippen LogP contribution is -2.10. The molecule has 0 atom stereocenters. The largest absolute Gasteiger partial charge is 0.411 e. The minimum absolute atomic E-state index is 0.478. The van der Waals surface area contributed by atoms with E-state index in [1.165, 1.54) is 0 Å². The molecule has 13 heavy (non-hydrogen) atoms. The van der Waals surface area contributed by atoms with Crippen LogP contribution in [-0.2, 0) is 9.36 Å². The Labute approximate surface area is 74.8 Å². The van der Waals surface area contributed by atoms with Crippen molar-refractivity contribution in [1.29, 1.82) is 0 Å². The zero-order valence-corrected chi connectivity index (χ0v) is 8.36. The number of rotatable bonds is 5. The van der Waals surface area contributed by atoms with Crippen LogP contribution in [0.3, 0.4) is 0 Å². The van der Waals surface area contributed by atoms with E-state index in [1.807, 2.05) is 0 Å². The molecule has 0 aromatic carbocycles. The number of Topliss-reactive ketones (excluding diaryl/α,β-unsaturated/α-hetero) is 1. The van der Waals surface area contributed by atoms with Crippen LogP contribution < -0.4 is 0 Å². The fraction of sp³-hybridized carbons (Fsp3) is 0.750. The van der Waals surface area contributed by atoms with E-state index in [0.717, 1.165) is 0 Å². The summed E-state index contributed by atoms with van der Waals surface area (Å²) in [6, 6.07) is 0. The summed E-state index contributed by atoms with van der Waals surface area (Å²) in [5, 5.41) is 0. The first-order chi connectivity index (χ1) is 5.60. The lowest BCUT2D eigenvalue weighted by molar-refractivity contribution is -0.116. The van der Waals surface area contributed by atoms with Crippen LogP contribution >= 0.6 is 15.5 Å². The molecule has 0 aromatic heterocycles. The highest BCUT2D eigenvalue weighted by atomic mass is 31.2. The van der Waals surface area contributed by atoms with Gasteiger partial charge < -0.3 is 9.79 Å². The molecule has 0 aromatic rings. The van der Waals surface area contributed by atoms with Crippen molar-refractivity contribution in [2.24, 2.45) is 0 Å².